The molecule has 8 nitrogen and oxygen atoms in total. The van der Waals surface area contributed by atoms with E-state index in [0.29, 0.717) is 24.5 Å². The topological polar surface area (TPSA) is 74.7 Å². The summed E-state index contributed by atoms with van der Waals surface area (Å²) in [6, 6.07) is 13.5. The predicted octanol–water partition coefficient (Wildman–Crippen LogP) is 4.69. The van der Waals surface area contributed by atoms with Crippen molar-refractivity contribution in [3.05, 3.63) is 53.6 Å². The average molecular weight is 556 g/mol. The fraction of sp³-hybridized carbons (Fsp3) is 0.594. The molecule has 1 aliphatic heterocycles. The average Bonchev–Trinajstić information content (AvgIpc) is 2.94. The lowest BCUT2D eigenvalue weighted by atomic mass is 10.0. The molecule has 222 valence electrons. The van der Waals surface area contributed by atoms with E-state index in [1.54, 1.807) is 12.0 Å². The zero-order valence-electron chi connectivity index (χ0n) is 25.4. The molecule has 0 fully saturated rings. The number of fused-ring (bicyclic) bond motifs is 1. The Balaban J connectivity index is 1.87. The third-order valence-electron chi connectivity index (χ3n) is 7.65. The van der Waals surface area contributed by atoms with Crippen LogP contribution in [0.3, 0.4) is 0 Å². The number of aliphatic hydroxyl groups is 1. The van der Waals surface area contributed by atoms with Gasteiger partial charge in [-0.05, 0) is 76.1 Å². The third kappa shape index (κ3) is 8.85. The molecular formula is C32H49N3O5. The second-order valence-corrected chi connectivity index (χ2v) is 11.4. The summed E-state index contributed by atoms with van der Waals surface area (Å²) in [4.78, 5) is 20.1. The zero-order chi connectivity index (χ0) is 29.2. The summed E-state index contributed by atoms with van der Waals surface area (Å²) < 4.78 is 18.1. The second kappa shape index (κ2) is 15.3. The van der Waals surface area contributed by atoms with Crippen LogP contribution in [0.1, 0.15) is 56.0 Å². The first-order valence-electron chi connectivity index (χ1n) is 14.5. The molecule has 4 atom stereocenters. The first kappa shape index (κ1) is 31.7. The van der Waals surface area contributed by atoms with Crippen LogP contribution in [-0.2, 0) is 11.3 Å². The van der Waals surface area contributed by atoms with Crippen molar-refractivity contribution in [2.45, 2.75) is 64.8 Å². The van der Waals surface area contributed by atoms with Crippen molar-refractivity contribution in [2.24, 2.45) is 5.92 Å². The van der Waals surface area contributed by atoms with Crippen molar-refractivity contribution in [3.63, 3.8) is 0 Å². The molecule has 0 saturated heterocycles. The second-order valence-electron chi connectivity index (χ2n) is 11.4. The van der Waals surface area contributed by atoms with Crippen LogP contribution in [0.25, 0.3) is 0 Å². The van der Waals surface area contributed by atoms with Crippen molar-refractivity contribution in [3.8, 4) is 11.5 Å². The Morgan fingerprint density at radius 1 is 1.10 bits per heavy atom. The number of nitrogens with zero attached hydrogens (tertiary/aromatic N) is 3. The molecule has 0 aliphatic carbocycles. The summed E-state index contributed by atoms with van der Waals surface area (Å²) in [5.41, 5.74) is 2.65. The number of aliphatic hydroxyl groups excluding tert-OH is 1. The van der Waals surface area contributed by atoms with Crippen LogP contribution < -0.4 is 14.4 Å². The predicted molar refractivity (Wildman–Crippen MR) is 161 cm³/mol. The minimum Gasteiger partial charge on any atom is -0.497 e. The molecule has 0 saturated carbocycles. The number of carbonyl (C=O) groups is 1. The smallest absolute Gasteiger partial charge is 0.258 e. The molecule has 0 unspecified atom stereocenters. The fourth-order valence-electron chi connectivity index (χ4n) is 5.07. The third-order valence-corrected chi connectivity index (χ3v) is 7.65. The highest BCUT2D eigenvalue weighted by atomic mass is 16.5. The number of hydrogen-bond donors (Lipinski definition) is 1. The van der Waals surface area contributed by atoms with Crippen molar-refractivity contribution in [1.82, 2.24) is 9.80 Å². The normalized spacial score (nSPS) is 21.8. The van der Waals surface area contributed by atoms with Gasteiger partial charge in [-0.25, -0.2) is 0 Å². The maximum Gasteiger partial charge on any atom is 0.258 e. The highest BCUT2D eigenvalue weighted by Crippen LogP contribution is 2.29. The van der Waals surface area contributed by atoms with Crippen LogP contribution in [0.15, 0.2) is 42.5 Å². The quantitative estimate of drug-likeness (QED) is 0.507. The molecule has 3 rings (SSSR count). The first-order valence-corrected chi connectivity index (χ1v) is 14.5. The first-order chi connectivity index (χ1) is 19.1. The van der Waals surface area contributed by atoms with Gasteiger partial charge >= 0.3 is 0 Å². The minimum absolute atomic E-state index is 0.0336. The Morgan fingerprint density at radius 3 is 2.48 bits per heavy atom. The molecule has 1 amide bonds. The number of methoxy groups -OCH3 is 1. The Hall–Kier alpha value is -2.81. The molecule has 1 N–H and O–H groups in total. The number of benzene rings is 2. The van der Waals surface area contributed by atoms with Crippen molar-refractivity contribution in [1.29, 1.82) is 0 Å². The standard InChI is InChI=1S/C32H49N3O5/c1-23-19-35(24(2)22-36)32(37)29-18-27(33(4)5)13-16-30(29)40-25(3)10-8-9-17-39-31(23)21-34(6)20-26-11-14-28(38-7)15-12-26/h11-16,18,23-25,31,36H,8-10,17,19-22H2,1-7H3/t23-,24-,25+,31-/m1/s1. The molecule has 1 aliphatic rings. The number of rotatable bonds is 8. The van der Waals surface area contributed by atoms with Crippen molar-refractivity contribution < 1.29 is 24.1 Å². The van der Waals surface area contributed by atoms with E-state index in [-0.39, 0.29) is 36.7 Å². The molecule has 2 aromatic rings. The molecule has 0 aromatic heterocycles. The highest BCUT2D eigenvalue weighted by Gasteiger charge is 2.30. The SMILES string of the molecule is COc1ccc(CN(C)C[C@H]2OCCCC[C@H](C)Oc3ccc(N(C)C)cc3C(=O)N([C@H](C)CO)C[C@H]2C)cc1. The number of ether oxygens (including phenoxy) is 3. The molecule has 0 spiro atoms. The van der Waals surface area contributed by atoms with Gasteiger partial charge in [-0.2, -0.15) is 0 Å². The summed E-state index contributed by atoms with van der Waals surface area (Å²) >= 11 is 0. The number of anilines is 1. The zero-order valence-corrected chi connectivity index (χ0v) is 25.4. The Morgan fingerprint density at radius 2 is 1.82 bits per heavy atom. The van der Waals surface area contributed by atoms with Gasteiger partial charge in [0, 0.05) is 51.9 Å². The van der Waals surface area contributed by atoms with Crippen LogP contribution in [0.5, 0.6) is 11.5 Å². The Kier molecular flexibility index (Phi) is 12.1. The number of likely N-dealkylation sites (N-methyl/N-ethyl adjacent to an activating group) is 1. The fourth-order valence-corrected chi connectivity index (χ4v) is 5.07. The highest BCUT2D eigenvalue weighted by molar-refractivity contribution is 5.98. The van der Waals surface area contributed by atoms with E-state index in [1.165, 1.54) is 5.56 Å². The summed E-state index contributed by atoms with van der Waals surface area (Å²) in [5, 5.41) is 10.1. The summed E-state index contributed by atoms with van der Waals surface area (Å²) in [6.45, 7) is 8.57. The van der Waals surface area contributed by atoms with Gasteiger partial charge in [-0.15, -0.1) is 0 Å². The van der Waals surface area contributed by atoms with E-state index in [9.17, 15) is 9.90 Å². The van der Waals surface area contributed by atoms with Gasteiger partial charge in [0.25, 0.3) is 5.91 Å². The van der Waals surface area contributed by atoms with E-state index >= 15 is 0 Å². The van der Waals surface area contributed by atoms with E-state index in [1.807, 2.05) is 63.2 Å². The molecule has 0 radical (unpaired) electrons. The van der Waals surface area contributed by atoms with E-state index < -0.39 is 0 Å². The largest absolute Gasteiger partial charge is 0.497 e. The van der Waals surface area contributed by atoms with Gasteiger partial charge in [-0.1, -0.05) is 19.1 Å². The molecular weight excluding hydrogens is 506 g/mol. The van der Waals surface area contributed by atoms with Crippen LogP contribution in [0, 0.1) is 5.92 Å². The Labute approximate surface area is 240 Å². The van der Waals surface area contributed by atoms with Gasteiger partial charge in [0.05, 0.1) is 37.5 Å². The van der Waals surface area contributed by atoms with E-state index in [4.69, 9.17) is 14.2 Å². The van der Waals surface area contributed by atoms with Crippen molar-refractivity contribution in [2.75, 3.05) is 59.5 Å². The molecule has 0 bridgehead atoms. The molecule has 1 heterocycles. The van der Waals surface area contributed by atoms with Crippen LogP contribution >= 0.6 is 0 Å². The molecule has 8 heteroatoms. The van der Waals surface area contributed by atoms with Gasteiger partial charge in [0.1, 0.15) is 11.5 Å². The summed E-state index contributed by atoms with van der Waals surface area (Å²) in [7, 11) is 7.69. The molecule has 2 aromatic carbocycles. The number of amides is 1. The van der Waals surface area contributed by atoms with E-state index in [0.717, 1.165) is 43.8 Å². The van der Waals surface area contributed by atoms with Crippen molar-refractivity contribution >= 4 is 11.6 Å². The van der Waals surface area contributed by atoms with Crippen LogP contribution in [0.2, 0.25) is 0 Å². The summed E-state index contributed by atoms with van der Waals surface area (Å²) in [5.74, 6) is 1.34. The van der Waals surface area contributed by atoms with Gasteiger partial charge < -0.3 is 29.1 Å². The van der Waals surface area contributed by atoms with E-state index in [2.05, 4.69) is 31.0 Å². The molecule has 40 heavy (non-hydrogen) atoms. The van der Waals surface area contributed by atoms with Crippen LogP contribution in [-0.4, -0.2) is 93.6 Å². The maximum absolute atomic E-state index is 14.1. The van der Waals surface area contributed by atoms with Gasteiger partial charge in [0.15, 0.2) is 0 Å². The van der Waals surface area contributed by atoms with Crippen LogP contribution in [0.4, 0.5) is 5.69 Å². The lowest BCUT2D eigenvalue weighted by Crippen LogP contribution is -2.47. The number of hydrogen-bond acceptors (Lipinski definition) is 7. The number of carbonyl (C=O) groups excluding carboxylic acids is 1. The van der Waals surface area contributed by atoms with Gasteiger partial charge in [-0.3, -0.25) is 9.69 Å². The van der Waals surface area contributed by atoms with Gasteiger partial charge in [0.2, 0.25) is 0 Å². The lowest BCUT2D eigenvalue weighted by molar-refractivity contribution is -0.0177. The lowest BCUT2D eigenvalue weighted by Gasteiger charge is -2.36. The maximum atomic E-state index is 14.1. The summed E-state index contributed by atoms with van der Waals surface area (Å²) in [6.07, 6.45) is 2.70. The Bertz CT molecular complexity index is 1060. The minimum atomic E-state index is -0.353. The monoisotopic (exact) mass is 555 g/mol.